The molecule has 0 saturated heterocycles. The molecule has 0 aliphatic rings. The SMILES string of the molecule is CCNC(=NCc1ccc(F)cc1CSC)NCC(=O)Nc1ccccc1. The number of guanidine groups is 1. The number of hydrogen-bond donors (Lipinski definition) is 3. The van der Waals surface area contributed by atoms with Crippen LogP contribution in [-0.4, -0.2) is 31.2 Å². The summed E-state index contributed by atoms with van der Waals surface area (Å²) >= 11 is 1.64. The number of nitrogens with zero attached hydrogens (tertiary/aromatic N) is 1. The number of carbonyl (C=O) groups is 1. The van der Waals surface area contributed by atoms with Crippen molar-refractivity contribution in [2.75, 3.05) is 24.7 Å². The van der Waals surface area contributed by atoms with Gasteiger partial charge < -0.3 is 16.0 Å². The van der Waals surface area contributed by atoms with E-state index < -0.39 is 0 Å². The van der Waals surface area contributed by atoms with Gasteiger partial charge in [-0.1, -0.05) is 24.3 Å². The van der Waals surface area contributed by atoms with Crippen molar-refractivity contribution in [1.82, 2.24) is 10.6 Å². The molecule has 0 bridgehead atoms. The van der Waals surface area contributed by atoms with Crippen LogP contribution in [0.2, 0.25) is 0 Å². The number of nitrogens with one attached hydrogen (secondary N) is 3. The van der Waals surface area contributed by atoms with E-state index in [1.165, 1.54) is 6.07 Å². The Kier molecular flexibility index (Phi) is 8.64. The van der Waals surface area contributed by atoms with Crippen molar-refractivity contribution < 1.29 is 9.18 Å². The van der Waals surface area contributed by atoms with Crippen LogP contribution in [0.5, 0.6) is 0 Å². The van der Waals surface area contributed by atoms with Gasteiger partial charge in [0.1, 0.15) is 5.82 Å². The van der Waals surface area contributed by atoms with Crippen LogP contribution in [0.15, 0.2) is 53.5 Å². The maximum atomic E-state index is 13.5. The van der Waals surface area contributed by atoms with Crippen LogP contribution in [0.25, 0.3) is 0 Å². The third-order valence-corrected chi connectivity index (χ3v) is 4.29. The van der Waals surface area contributed by atoms with Gasteiger partial charge >= 0.3 is 0 Å². The highest BCUT2D eigenvalue weighted by Crippen LogP contribution is 2.17. The van der Waals surface area contributed by atoms with E-state index in [1.807, 2.05) is 43.5 Å². The second-order valence-electron chi connectivity index (χ2n) is 5.81. The number of para-hydroxylation sites is 1. The third-order valence-electron chi connectivity index (χ3n) is 3.69. The molecule has 2 rings (SSSR count). The van der Waals surface area contributed by atoms with Gasteiger partial charge in [0.15, 0.2) is 5.96 Å². The maximum absolute atomic E-state index is 13.5. The van der Waals surface area contributed by atoms with Crippen LogP contribution in [0.1, 0.15) is 18.1 Å². The first kappa shape index (κ1) is 20.8. The number of halogens is 1. The lowest BCUT2D eigenvalue weighted by molar-refractivity contribution is -0.115. The molecule has 7 heteroatoms. The number of amides is 1. The largest absolute Gasteiger partial charge is 0.357 e. The lowest BCUT2D eigenvalue weighted by Crippen LogP contribution is -2.41. The topological polar surface area (TPSA) is 65.5 Å². The number of benzene rings is 2. The molecule has 1 amide bonds. The zero-order chi connectivity index (χ0) is 19.5. The van der Waals surface area contributed by atoms with Crippen LogP contribution >= 0.6 is 11.8 Å². The van der Waals surface area contributed by atoms with Gasteiger partial charge in [-0.3, -0.25) is 4.79 Å². The lowest BCUT2D eigenvalue weighted by atomic mass is 10.1. The Bertz CT molecular complexity index is 768. The Hall–Kier alpha value is -2.54. The van der Waals surface area contributed by atoms with Crippen molar-refractivity contribution in [3.8, 4) is 0 Å². The molecule has 0 aliphatic heterocycles. The second-order valence-corrected chi connectivity index (χ2v) is 6.67. The van der Waals surface area contributed by atoms with Crippen LogP contribution in [0, 0.1) is 5.82 Å². The first-order valence-electron chi connectivity index (χ1n) is 8.75. The molecule has 0 spiro atoms. The molecule has 0 aliphatic carbocycles. The van der Waals surface area contributed by atoms with E-state index in [0.29, 0.717) is 19.0 Å². The summed E-state index contributed by atoms with van der Waals surface area (Å²) in [6, 6.07) is 14.0. The zero-order valence-corrected chi connectivity index (χ0v) is 16.4. The van der Waals surface area contributed by atoms with Gasteiger partial charge in [-0.15, -0.1) is 0 Å². The Morgan fingerprint density at radius 1 is 1.11 bits per heavy atom. The molecule has 0 unspecified atom stereocenters. The summed E-state index contributed by atoms with van der Waals surface area (Å²) in [7, 11) is 0. The number of aliphatic imine (C=N–C) groups is 1. The summed E-state index contributed by atoms with van der Waals surface area (Å²) in [5.74, 6) is 0.873. The first-order valence-corrected chi connectivity index (χ1v) is 10.1. The van der Waals surface area contributed by atoms with Crippen molar-refractivity contribution in [3.05, 3.63) is 65.5 Å². The van der Waals surface area contributed by atoms with Crippen LogP contribution < -0.4 is 16.0 Å². The van der Waals surface area contributed by atoms with Gasteiger partial charge in [-0.05, 0) is 48.6 Å². The summed E-state index contributed by atoms with van der Waals surface area (Å²) < 4.78 is 13.5. The normalized spacial score (nSPS) is 11.1. The number of anilines is 1. The minimum Gasteiger partial charge on any atom is -0.357 e. The third kappa shape index (κ3) is 7.30. The quantitative estimate of drug-likeness (QED) is 0.479. The highest BCUT2D eigenvalue weighted by molar-refractivity contribution is 7.97. The van der Waals surface area contributed by atoms with E-state index in [-0.39, 0.29) is 18.3 Å². The van der Waals surface area contributed by atoms with Crippen molar-refractivity contribution in [1.29, 1.82) is 0 Å². The number of carbonyl (C=O) groups excluding carboxylic acids is 1. The van der Waals surface area contributed by atoms with E-state index in [2.05, 4.69) is 20.9 Å². The molecule has 0 aromatic heterocycles. The summed E-state index contributed by atoms with van der Waals surface area (Å²) in [5.41, 5.74) is 2.65. The summed E-state index contributed by atoms with van der Waals surface area (Å²) in [6.45, 7) is 3.14. The average molecular weight is 389 g/mol. The molecule has 27 heavy (non-hydrogen) atoms. The molecule has 0 fully saturated rings. The highest BCUT2D eigenvalue weighted by Gasteiger charge is 2.06. The van der Waals surface area contributed by atoms with E-state index in [0.717, 1.165) is 22.6 Å². The standard InChI is InChI=1S/C20H25FN4OS/c1-3-22-20(24-13-19(26)25-18-7-5-4-6-8-18)23-12-15-9-10-17(21)11-16(15)14-27-2/h4-11H,3,12-14H2,1-2H3,(H,25,26)(H2,22,23,24). The summed E-state index contributed by atoms with van der Waals surface area (Å²) in [5, 5.41) is 8.95. The number of rotatable bonds is 8. The molecule has 0 radical (unpaired) electrons. The van der Waals surface area contributed by atoms with Gasteiger partial charge in [-0.25, -0.2) is 9.38 Å². The Balaban J connectivity index is 1.97. The number of hydrogen-bond acceptors (Lipinski definition) is 3. The molecule has 0 saturated carbocycles. The molecule has 3 N–H and O–H groups in total. The van der Waals surface area contributed by atoms with E-state index in [1.54, 1.807) is 23.9 Å². The zero-order valence-electron chi connectivity index (χ0n) is 15.6. The molecule has 2 aromatic rings. The number of thioether (sulfide) groups is 1. The van der Waals surface area contributed by atoms with E-state index in [4.69, 9.17) is 0 Å². The van der Waals surface area contributed by atoms with Gasteiger partial charge in [0.2, 0.25) is 5.91 Å². The minimum atomic E-state index is -0.241. The minimum absolute atomic E-state index is 0.0990. The van der Waals surface area contributed by atoms with Gasteiger partial charge in [0, 0.05) is 18.0 Å². The van der Waals surface area contributed by atoms with Crippen LogP contribution in [0.3, 0.4) is 0 Å². The van der Waals surface area contributed by atoms with E-state index >= 15 is 0 Å². The Morgan fingerprint density at radius 3 is 2.59 bits per heavy atom. The first-order chi connectivity index (χ1) is 13.1. The lowest BCUT2D eigenvalue weighted by Gasteiger charge is -2.12. The van der Waals surface area contributed by atoms with Crippen molar-refractivity contribution >= 4 is 29.3 Å². The molecular formula is C20H25FN4OS. The predicted molar refractivity (Wildman–Crippen MR) is 112 cm³/mol. The van der Waals surface area contributed by atoms with Crippen LogP contribution in [-0.2, 0) is 17.1 Å². The molecule has 2 aromatic carbocycles. The van der Waals surface area contributed by atoms with Crippen molar-refractivity contribution in [3.63, 3.8) is 0 Å². The van der Waals surface area contributed by atoms with Crippen molar-refractivity contribution in [2.45, 2.75) is 19.2 Å². The smallest absolute Gasteiger partial charge is 0.243 e. The molecular weight excluding hydrogens is 363 g/mol. The van der Waals surface area contributed by atoms with Crippen molar-refractivity contribution in [2.24, 2.45) is 4.99 Å². The summed E-state index contributed by atoms with van der Waals surface area (Å²) in [6.07, 6.45) is 1.98. The fourth-order valence-corrected chi connectivity index (χ4v) is 3.01. The Labute approximate surface area is 163 Å². The molecule has 0 atom stereocenters. The summed E-state index contributed by atoms with van der Waals surface area (Å²) in [4.78, 5) is 16.6. The average Bonchev–Trinajstić information content (AvgIpc) is 2.66. The van der Waals surface area contributed by atoms with Gasteiger partial charge in [0.05, 0.1) is 13.1 Å². The second kappa shape index (κ2) is 11.2. The fourth-order valence-electron chi connectivity index (χ4n) is 2.44. The van der Waals surface area contributed by atoms with Crippen LogP contribution in [0.4, 0.5) is 10.1 Å². The molecule has 0 heterocycles. The van der Waals surface area contributed by atoms with Gasteiger partial charge in [0.25, 0.3) is 0 Å². The fraction of sp³-hybridized carbons (Fsp3) is 0.300. The predicted octanol–water partition coefficient (Wildman–Crippen LogP) is 3.38. The monoisotopic (exact) mass is 388 g/mol. The molecule has 144 valence electrons. The van der Waals surface area contributed by atoms with E-state index in [9.17, 15) is 9.18 Å². The molecule has 5 nitrogen and oxygen atoms in total. The maximum Gasteiger partial charge on any atom is 0.243 e. The van der Waals surface area contributed by atoms with Gasteiger partial charge in [-0.2, -0.15) is 11.8 Å². The Morgan fingerprint density at radius 2 is 1.89 bits per heavy atom. The highest BCUT2D eigenvalue weighted by atomic mass is 32.2.